The van der Waals surface area contributed by atoms with Crippen molar-refractivity contribution in [2.75, 3.05) is 5.32 Å². The van der Waals surface area contributed by atoms with Crippen molar-refractivity contribution >= 4 is 17.9 Å². The summed E-state index contributed by atoms with van der Waals surface area (Å²) < 4.78 is 1.74. The molecule has 0 aliphatic heterocycles. The zero-order valence-electron chi connectivity index (χ0n) is 11.7. The lowest BCUT2D eigenvalue weighted by molar-refractivity contribution is 0.695. The topological polar surface area (TPSA) is 85.8 Å². The van der Waals surface area contributed by atoms with Crippen LogP contribution in [0.5, 0.6) is 0 Å². The molecule has 0 amide bonds. The van der Waals surface area contributed by atoms with E-state index in [1.807, 2.05) is 50.4 Å². The van der Waals surface area contributed by atoms with Gasteiger partial charge in [-0.15, -0.1) is 0 Å². The third-order valence-electron chi connectivity index (χ3n) is 2.82. The molecule has 0 fully saturated rings. The van der Waals surface area contributed by atoms with Gasteiger partial charge in [-0.2, -0.15) is 10.2 Å². The van der Waals surface area contributed by atoms with E-state index in [1.54, 1.807) is 10.9 Å². The molecule has 0 aliphatic carbocycles. The fraction of sp³-hybridized carbons (Fsp3) is 0.154. The SMILES string of the molecule is Cc1cc(C=Nn2nnnc2Nc2ccccc2)n(C)n1. The lowest BCUT2D eigenvalue weighted by Crippen LogP contribution is -2.03. The molecule has 3 rings (SSSR count). The van der Waals surface area contributed by atoms with Crippen molar-refractivity contribution in [3.8, 4) is 0 Å². The number of nitrogens with zero attached hydrogens (tertiary/aromatic N) is 7. The molecule has 0 bridgehead atoms. The largest absolute Gasteiger partial charge is 0.321 e. The minimum absolute atomic E-state index is 0.441. The van der Waals surface area contributed by atoms with Crippen molar-refractivity contribution in [3.05, 3.63) is 47.8 Å². The molecule has 0 atom stereocenters. The van der Waals surface area contributed by atoms with E-state index >= 15 is 0 Å². The number of aryl methyl sites for hydroxylation is 2. The Balaban J connectivity index is 1.81. The molecular formula is C13H14N8. The molecule has 1 aromatic carbocycles. The molecule has 0 radical (unpaired) electrons. The predicted molar refractivity (Wildman–Crippen MR) is 78.5 cm³/mol. The van der Waals surface area contributed by atoms with Crippen LogP contribution in [0.1, 0.15) is 11.4 Å². The number of hydrogen-bond acceptors (Lipinski definition) is 6. The van der Waals surface area contributed by atoms with E-state index in [2.05, 4.69) is 31.0 Å². The molecule has 0 spiro atoms. The Bertz CT molecular complexity index is 756. The van der Waals surface area contributed by atoms with Gasteiger partial charge in [0, 0.05) is 12.7 Å². The number of aromatic nitrogens is 6. The lowest BCUT2D eigenvalue weighted by atomic mass is 10.3. The Morgan fingerprint density at radius 1 is 1.24 bits per heavy atom. The maximum Gasteiger partial charge on any atom is 0.269 e. The van der Waals surface area contributed by atoms with Gasteiger partial charge in [0.15, 0.2) is 0 Å². The van der Waals surface area contributed by atoms with Gasteiger partial charge >= 0.3 is 0 Å². The predicted octanol–water partition coefficient (Wildman–Crippen LogP) is 1.34. The minimum Gasteiger partial charge on any atom is -0.321 e. The van der Waals surface area contributed by atoms with Crippen molar-refractivity contribution in [1.29, 1.82) is 0 Å². The Morgan fingerprint density at radius 3 is 2.76 bits per heavy atom. The summed E-state index contributed by atoms with van der Waals surface area (Å²) >= 11 is 0. The highest BCUT2D eigenvalue weighted by atomic mass is 15.7. The molecular weight excluding hydrogens is 268 g/mol. The van der Waals surface area contributed by atoms with Gasteiger partial charge in [0.25, 0.3) is 5.95 Å². The minimum atomic E-state index is 0.441. The van der Waals surface area contributed by atoms with Crippen LogP contribution in [-0.2, 0) is 7.05 Å². The summed E-state index contributed by atoms with van der Waals surface area (Å²) in [6.45, 7) is 1.93. The van der Waals surface area contributed by atoms with Gasteiger partial charge in [0.1, 0.15) is 0 Å². The van der Waals surface area contributed by atoms with Gasteiger partial charge in [0.2, 0.25) is 0 Å². The number of tetrazole rings is 1. The van der Waals surface area contributed by atoms with E-state index < -0.39 is 0 Å². The molecule has 0 saturated heterocycles. The summed E-state index contributed by atoms with van der Waals surface area (Å²) in [4.78, 5) is 1.33. The van der Waals surface area contributed by atoms with Gasteiger partial charge < -0.3 is 5.32 Å². The first-order valence-electron chi connectivity index (χ1n) is 6.38. The molecule has 21 heavy (non-hydrogen) atoms. The monoisotopic (exact) mass is 282 g/mol. The number of hydrogen-bond donors (Lipinski definition) is 1. The molecule has 8 heteroatoms. The molecule has 3 aromatic rings. The van der Waals surface area contributed by atoms with Crippen molar-refractivity contribution in [3.63, 3.8) is 0 Å². The number of nitrogens with one attached hydrogen (secondary N) is 1. The van der Waals surface area contributed by atoms with Crippen LogP contribution in [0.3, 0.4) is 0 Å². The average Bonchev–Trinajstić information content (AvgIpc) is 3.04. The summed E-state index contributed by atoms with van der Waals surface area (Å²) in [6, 6.07) is 11.6. The van der Waals surface area contributed by atoms with Gasteiger partial charge in [-0.3, -0.25) is 4.68 Å². The first-order chi connectivity index (χ1) is 10.2. The van der Waals surface area contributed by atoms with Gasteiger partial charge in [0.05, 0.1) is 17.6 Å². The van der Waals surface area contributed by atoms with Crippen LogP contribution >= 0.6 is 0 Å². The first-order valence-corrected chi connectivity index (χ1v) is 6.38. The molecule has 0 unspecified atom stereocenters. The Morgan fingerprint density at radius 2 is 2.05 bits per heavy atom. The smallest absolute Gasteiger partial charge is 0.269 e. The van der Waals surface area contributed by atoms with E-state index in [0.717, 1.165) is 17.1 Å². The van der Waals surface area contributed by atoms with Gasteiger partial charge in [-0.1, -0.05) is 28.1 Å². The average molecular weight is 282 g/mol. The van der Waals surface area contributed by atoms with Crippen LogP contribution in [0.15, 0.2) is 41.5 Å². The van der Waals surface area contributed by atoms with Crippen LogP contribution < -0.4 is 5.32 Å². The Hall–Kier alpha value is -3.03. The molecule has 2 aromatic heterocycles. The van der Waals surface area contributed by atoms with Crippen molar-refractivity contribution in [1.82, 2.24) is 30.1 Å². The maximum absolute atomic E-state index is 4.25. The number of benzene rings is 1. The summed E-state index contributed by atoms with van der Waals surface area (Å²) in [5, 5.41) is 22.9. The van der Waals surface area contributed by atoms with Crippen LogP contribution in [0, 0.1) is 6.92 Å². The first kappa shape index (κ1) is 13.0. The molecule has 0 saturated carbocycles. The van der Waals surface area contributed by atoms with E-state index in [0.29, 0.717) is 5.95 Å². The lowest BCUT2D eigenvalue weighted by Gasteiger charge is -2.02. The summed E-state index contributed by atoms with van der Waals surface area (Å²) in [6.07, 6.45) is 1.66. The fourth-order valence-electron chi connectivity index (χ4n) is 1.85. The second-order valence-corrected chi connectivity index (χ2v) is 4.46. The van der Waals surface area contributed by atoms with E-state index in [-0.39, 0.29) is 0 Å². The highest BCUT2D eigenvalue weighted by Crippen LogP contribution is 2.12. The van der Waals surface area contributed by atoms with E-state index in [4.69, 9.17) is 0 Å². The highest BCUT2D eigenvalue weighted by molar-refractivity contribution is 5.77. The summed E-state index contributed by atoms with van der Waals surface area (Å²) in [5.41, 5.74) is 2.69. The maximum atomic E-state index is 4.25. The van der Waals surface area contributed by atoms with Crippen LogP contribution in [0.25, 0.3) is 0 Å². The van der Waals surface area contributed by atoms with Gasteiger partial charge in [-0.25, -0.2) is 0 Å². The molecule has 106 valence electrons. The zero-order chi connectivity index (χ0) is 14.7. The Labute approximate surface area is 121 Å². The highest BCUT2D eigenvalue weighted by Gasteiger charge is 2.05. The summed E-state index contributed by atoms with van der Waals surface area (Å²) in [7, 11) is 1.86. The van der Waals surface area contributed by atoms with Crippen LogP contribution in [-0.4, -0.2) is 36.3 Å². The van der Waals surface area contributed by atoms with Crippen molar-refractivity contribution < 1.29 is 0 Å². The summed E-state index contributed by atoms with van der Waals surface area (Å²) in [5.74, 6) is 0.441. The third-order valence-corrected chi connectivity index (χ3v) is 2.82. The van der Waals surface area contributed by atoms with Crippen molar-refractivity contribution in [2.24, 2.45) is 12.1 Å². The normalized spacial score (nSPS) is 11.1. The van der Waals surface area contributed by atoms with Crippen LogP contribution in [0.4, 0.5) is 11.6 Å². The van der Waals surface area contributed by atoms with Crippen LogP contribution in [0.2, 0.25) is 0 Å². The quantitative estimate of drug-likeness (QED) is 0.730. The number of rotatable bonds is 4. The Kier molecular flexibility index (Phi) is 3.42. The molecule has 8 nitrogen and oxygen atoms in total. The standard InChI is InChI=1S/C13H14N8/c1-10-8-12(20(2)17-10)9-14-21-13(16-18-19-21)15-11-6-4-3-5-7-11/h3-9H,1-2H3,(H,15,16,19). The third kappa shape index (κ3) is 2.94. The number of para-hydroxylation sites is 1. The second-order valence-electron chi connectivity index (χ2n) is 4.46. The van der Waals surface area contributed by atoms with E-state index in [1.165, 1.54) is 4.79 Å². The molecule has 0 aliphatic rings. The number of anilines is 2. The zero-order valence-corrected chi connectivity index (χ0v) is 11.7. The molecule has 2 heterocycles. The molecule has 1 N–H and O–H groups in total. The van der Waals surface area contributed by atoms with E-state index in [9.17, 15) is 0 Å². The fourth-order valence-corrected chi connectivity index (χ4v) is 1.85. The second kappa shape index (κ2) is 5.53. The van der Waals surface area contributed by atoms with Crippen molar-refractivity contribution in [2.45, 2.75) is 6.92 Å². The van der Waals surface area contributed by atoms with Gasteiger partial charge in [-0.05, 0) is 35.5 Å².